The molecule has 0 saturated heterocycles. The van der Waals surface area contributed by atoms with Gasteiger partial charge in [-0.25, -0.2) is 4.79 Å². The molecule has 5 heteroatoms. The number of hydrogen-bond donors (Lipinski definition) is 1. The number of aryl methyl sites for hydroxylation is 3. The van der Waals surface area contributed by atoms with Crippen LogP contribution in [-0.4, -0.2) is 17.7 Å². The van der Waals surface area contributed by atoms with Gasteiger partial charge in [0.25, 0.3) is 0 Å². The van der Waals surface area contributed by atoms with Crippen molar-refractivity contribution in [3.63, 3.8) is 0 Å². The summed E-state index contributed by atoms with van der Waals surface area (Å²) in [7, 11) is 0. The van der Waals surface area contributed by atoms with Gasteiger partial charge in [-0.2, -0.15) is 0 Å². The predicted octanol–water partition coefficient (Wildman–Crippen LogP) is 3.60. The van der Waals surface area contributed by atoms with Crippen molar-refractivity contribution in [2.24, 2.45) is 0 Å². The van der Waals surface area contributed by atoms with Crippen molar-refractivity contribution in [2.75, 3.05) is 6.61 Å². The lowest BCUT2D eigenvalue weighted by molar-refractivity contribution is 0.0663. The zero-order chi connectivity index (χ0) is 18.1. The Morgan fingerprint density at radius 2 is 1.92 bits per heavy atom. The third-order valence-electron chi connectivity index (χ3n) is 4.70. The summed E-state index contributed by atoms with van der Waals surface area (Å²) in [6, 6.07) is 12.8. The molecule has 0 bridgehead atoms. The summed E-state index contributed by atoms with van der Waals surface area (Å²) in [5, 5.41) is 9.66. The Balaban J connectivity index is 1.89. The molecule has 2 heterocycles. The van der Waals surface area contributed by atoms with Crippen molar-refractivity contribution in [1.82, 2.24) is 0 Å². The summed E-state index contributed by atoms with van der Waals surface area (Å²) in [5.74, 6) is -0.860. The highest BCUT2D eigenvalue weighted by atomic mass is 16.5. The summed E-state index contributed by atoms with van der Waals surface area (Å²) in [4.78, 5) is 23.8. The minimum Gasteiger partial charge on any atom is -0.493 e. The quantitative estimate of drug-likeness (QED) is 0.778. The van der Waals surface area contributed by atoms with E-state index in [0.29, 0.717) is 24.0 Å². The molecule has 0 atom stereocenters. The second-order valence-electron chi connectivity index (χ2n) is 6.44. The first-order valence-corrected chi connectivity index (χ1v) is 8.66. The maximum atomic E-state index is 12.5. The summed E-state index contributed by atoms with van der Waals surface area (Å²) < 4.78 is 11.5. The Morgan fingerprint density at radius 1 is 1.12 bits per heavy atom. The Bertz CT molecular complexity index is 1030. The van der Waals surface area contributed by atoms with E-state index in [1.54, 1.807) is 6.07 Å². The lowest BCUT2D eigenvalue weighted by Crippen LogP contribution is -2.14. The molecule has 1 aromatic heterocycles. The molecule has 2 aromatic carbocycles. The van der Waals surface area contributed by atoms with Crippen LogP contribution in [-0.2, 0) is 19.3 Å². The van der Waals surface area contributed by atoms with Crippen LogP contribution in [0.2, 0.25) is 0 Å². The van der Waals surface area contributed by atoms with E-state index in [-0.39, 0.29) is 11.2 Å². The van der Waals surface area contributed by atoms with Crippen molar-refractivity contribution in [3.8, 4) is 5.75 Å². The van der Waals surface area contributed by atoms with Gasteiger partial charge in [0.15, 0.2) is 5.43 Å². The first-order chi connectivity index (χ1) is 12.6. The highest BCUT2D eigenvalue weighted by molar-refractivity contribution is 5.89. The van der Waals surface area contributed by atoms with E-state index in [1.807, 2.05) is 30.3 Å². The third kappa shape index (κ3) is 2.96. The number of carbonyl (C=O) groups is 1. The van der Waals surface area contributed by atoms with Crippen LogP contribution in [0.25, 0.3) is 11.0 Å². The first kappa shape index (κ1) is 16.4. The van der Waals surface area contributed by atoms with Crippen LogP contribution in [0, 0.1) is 0 Å². The van der Waals surface area contributed by atoms with Gasteiger partial charge in [0.05, 0.1) is 12.0 Å². The van der Waals surface area contributed by atoms with E-state index in [0.717, 1.165) is 47.8 Å². The van der Waals surface area contributed by atoms with Crippen LogP contribution in [0.3, 0.4) is 0 Å². The molecular weight excluding hydrogens is 332 g/mol. The molecule has 0 saturated carbocycles. The second kappa shape index (κ2) is 6.67. The maximum absolute atomic E-state index is 12.5. The number of hydrogen-bond acceptors (Lipinski definition) is 4. The number of ether oxygens (including phenoxy) is 1. The number of carboxylic acid groups (broad SMARTS) is 1. The van der Waals surface area contributed by atoms with Crippen molar-refractivity contribution >= 4 is 16.9 Å². The molecule has 0 radical (unpaired) electrons. The minimum atomic E-state index is -1.25. The van der Waals surface area contributed by atoms with Gasteiger partial charge >= 0.3 is 5.97 Å². The van der Waals surface area contributed by atoms with Gasteiger partial charge in [0.1, 0.15) is 11.3 Å². The third-order valence-corrected chi connectivity index (χ3v) is 4.70. The zero-order valence-corrected chi connectivity index (χ0v) is 14.2. The monoisotopic (exact) mass is 350 g/mol. The molecular formula is C21H18O5. The lowest BCUT2D eigenvalue weighted by atomic mass is 9.95. The van der Waals surface area contributed by atoms with Crippen molar-refractivity contribution < 1.29 is 19.1 Å². The number of rotatable bonds is 4. The summed E-state index contributed by atoms with van der Waals surface area (Å²) in [6.07, 6.45) is 3.09. The van der Waals surface area contributed by atoms with E-state index < -0.39 is 5.97 Å². The van der Waals surface area contributed by atoms with Gasteiger partial charge in [-0.1, -0.05) is 30.3 Å². The highest BCUT2D eigenvalue weighted by Gasteiger charge is 2.22. The van der Waals surface area contributed by atoms with Crippen molar-refractivity contribution in [1.29, 1.82) is 0 Å². The van der Waals surface area contributed by atoms with Crippen LogP contribution in [0.5, 0.6) is 5.75 Å². The van der Waals surface area contributed by atoms with Crippen LogP contribution >= 0.6 is 0 Å². The van der Waals surface area contributed by atoms with Crippen molar-refractivity contribution in [2.45, 2.75) is 25.7 Å². The van der Waals surface area contributed by atoms with Crippen LogP contribution < -0.4 is 10.2 Å². The number of fused-ring (bicyclic) bond motifs is 2. The summed E-state index contributed by atoms with van der Waals surface area (Å²) in [5.41, 5.74) is 2.92. The molecule has 3 aromatic rings. The molecule has 0 aliphatic carbocycles. The Kier molecular flexibility index (Phi) is 4.21. The first-order valence-electron chi connectivity index (χ1n) is 8.66. The van der Waals surface area contributed by atoms with E-state index in [9.17, 15) is 14.7 Å². The molecule has 4 rings (SSSR count). The molecule has 1 aliphatic rings. The van der Waals surface area contributed by atoms with Crippen LogP contribution in [0.1, 0.15) is 33.7 Å². The molecule has 0 unspecified atom stereocenters. The van der Waals surface area contributed by atoms with Gasteiger partial charge in [0, 0.05) is 11.6 Å². The van der Waals surface area contributed by atoms with E-state index in [1.165, 1.54) is 0 Å². The van der Waals surface area contributed by atoms with E-state index in [4.69, 9.17) is 9.15 Å². The Hall–Kier alpha value is -3.08. The zero-order valence-electron chi connectivity index (χ0n) is 14.2. The fraction of sp³-hybridized carbons (Fsp3) is 0.238. The predicted molar refractivity (Wildman–Crippen MR) is 97.1 cm³/mol. The number of carboxylic acids is 1. The van der Waals surface area contributed by atoms with Gasteiger partial charge in [0.2, 0.25) is 5.76 Å². The van der Waals surface area contributed by atoms with Crippen LogP contribution in [0.4, 0.5) is 0 Å². The van der Waals surface area contributed by atoms with Crippen molar-refractivity contribution in [3.05, 3.63) is 75.1 Å². The Morgan fingerprint density at radius 3 is 2.69 bits per heavy atom. The molecule has 26 heavy (non-hydrogen) atoms. The molecule has 1 aliphatic heterocycles. The summed E-state index contributed by atoms with van der Waals surface area (Å²) >= 11 is 0. The highest BCUT2D eigenvalue weighted by Crippen LogP contribution is 2.35. The average molecular weight is 350 g/mol. The molecule has 0 amide bonds. The second-order valence-corrected chi connectivity index (χ2v) is 6.44. The topological polar surface area (TPSA) is 76.7 Å². The van der Waals surface area contributed by atoms with Gasteiger partial charge in [-0.15, -0.1) is 0 Å². The summed E-state index contributed by atoms with van der Waals surface area (Å²) in [6.45, 7) is 0.611. The molecule has 1 N–H and O–H groups in total. The fourth-order valence-electron chi connectivity index (χ4n) is 3.45. The van der Waals surface area contributed by atoms with Crippen LogP contribution in [0.15, 0.2) is 51.7 Å². The molecule has 0 spiro atoms. The minimum absolute atomic E-state index is 0.325. The molecule has 132 valence electrons. The van der Waals surface area contributed by atoms with Gasteiger partial charge in [-0.05, 0) is 42.9 Å². The Labute approximate surface area is 149 Å². The average Bonchev–Trinajstić information content (AvgIpc) is 2.66. The smallest absolute Gasteiger partial charge is 0.371 e. The normalized spacial score (nSPS) is 13.2. The molecule has 0 fully saturated rings. The fourth-order valence-corrected chi connectivity index (χ4v) is 3.45. The van der Waals surface area contributed by atoms with E-state index >= 15 is 0 Å². The van der Waals surface area contributed by atoms with Gasteiger partial charge < -0.3 is 14.3 Å². The standard InChI is InChI=1S/C21H18O5/c22-17-12-18(21(23)24)26-20-15(9-8-13-5-2-1-3-6-13)19-14(11-16(17)20)7-4-10-25-19/h1-3,5-6,11-12H,4,7-10H2,(H,23,24). The molecule has 5 nitrogen and oxygen atoms in total. The lowest BCUT2D eigenvalue weighted by Gasteiger charge is -2.21. The van der Waals surface area contributed by atoms with E-state index in [2.05, 4.69) is 0 Å². The largest absolute Gasteiger partial charge is 0.493 e. The SMILES string of the molecule is O=C(O)c1cc(=O)c2cc3c(c(CCc4ccccc4)c2o1)OCCC3. The number of benzene rings is 2. The van der Waals surface area contributed by atoms with Gasteiger partial charge in [-0.3, -0.25) is 4.79 Å². The maximum Gasteiger partial charge on any atom is 0.371 e. The number of aromatic carboxylic acids is 1.